The Morgan fingerprint density at radius 1 is 0.298 bits per heavy atom. The monoisotopic (exact) mass is 632 g/mol. The normalized spacial score (nSPS) is 12.3. The first-order valence-electron chi connectivity index (χ1n) is 15.9. The highest BCUT2D eigenvalue weighted by molar-refractivity contribution is 7.27. The van der Waals surface area contributed by atoms with Crippen molar-refractivity contribution in [3.05, 3.63) is 146 Å². The molecule has 0 N–H and O–H groups in total. The first kappa shape index (κ1) is 25.7. The predicted molar refractivity (Wildman–Crippen MR) is 205 cm³/mol. The highest BCUT2D eigenvalue weighted by Gasteiger charge is 2.19. The summed E-state index contributed by atoms with van der Waals surface area (Å²) in [4.78, 5) is 0. The van der Waals surface area contributed by atoms with Crippen LogP contribution < -0.4 is 0 Å². The number of furan rings is 1. The molecule has 47 heavy (non-hydrogen) atoms. The quantitative estimate of drug-likeness (QED) is 0.173. The molecule has 1 nitrogen and oxygen atoms in total. The number of hydrogen-bond acceptors (Lipinski definition) is 3. The van der Waals surface area contributed by atoms with Gasteiger partial charge in [-0.25, -0.2) is 0 Å². The number of hydrogen-bond donors (Lipinski definition) is 0. The standard InChI is InChI=1S/C44H24OS2/c1-3-13-32-30(11-1)43(25-18-20-40-34(21-25)36-24-41-35(23-42(36)47-40)29-10-6-8-16-39(29)46-41)31-12-2-4-14-33(31)44(32)26-17-19-28-27-9-5-7-15-37(27)45-38(28)22-26/h1-24H. The van der Waals surface area contributed by atoms with E-state index in [4.69, 9.17) is 4.42 Å². The summed E-state index contributed by atoms with van der Waals surface area (Å²) in [6.45, 7) is 0. The molecule has 0 radical (unpaired) electrons. The topological polar surface area (TPSA) is 13.1 Å². The Morgan fingerprint density at radius 2 is 0.766 bits per heavy atom. The maximum Gasteiger partial charge on any atom is 0.136 e. The van der Waals surface area contributed by atoms with Gasteiger partial charge in [-0.1, -0.05) is 97.1 Å². The zero-order valence-corrected chi connectivity index (χ0v) is 26.7. The average Bonchev–Trinajstić information content (AvgIpc) is 3.79. The largest absolute Gasteiger partial charge is 0.456 e. The van der Waals surface area contributed by atoms with Crippen LogP contribution in [0.5, 0.6) is 0 Å². The third kappa shape index (κ3) is 3.64. The van der Waals surface area contributed by atoms with Gasteiger partial charge in [0.2, 0.25) is 0 Å². The zero-order chi connectivity index (χ0) is 30.6. The molecule has 0 aliphatic heterocycles. The van der Waals surface area contributed by atoms with Gasteiger partial charge in [-0.2, -0.15) is 0 Å². The van der Waals surface area contributed by atoms with Gasteiger partial charge in [0.05, 0.1) is 0 Å². The van der Waals surface area contributed by atoms with Crippen LogP contribution in [0.2, 0.25) is 0 Å². The van der Waals surface area contributed by atoms with Crippen LogP contribution in [0.1, 0.15) is 0 Å². The van der Waals surface area contributed by atoms with E-state index in [1.165, 1.54) is 84.1 Å². The van der Waals surface area contributed by atoms with E-state index < -0.39 is 0 Å². The fourth-order valence-corrected chi connectivity index (χ4v) is 10.0. The maximum absolute atomic E-state index is 6.35. The fourth-order valence-electron chi connectivity index (χ4n) is 7.78. The Balaban J connectivity index is 1.18. The van der Waals surface area contributed by atoms with Crippen LogP contribution in [0.15, 0.2) is 150 Å². The van der Waals surface area contributed by atoms with Crippen molar-refractivity contribution in [1.82, 2.24) is 0 Å². The van der Waals surface area contributed by atoms with Gasteiger partial charge >= 0.3 is 0 Å². The lowest BCUT2D eigenvalue weighted by atomic mass is 9.85. The molecule has 0 aliphatic rings. The first-order valence-corrected chi connectivity index (χ1v) is 17.5. The Labute approximate surface area is 277 Å². The van der Waals surface area contributed by atoms with E-state index in [0.29, 0.717) is 0 Å². The van der Waals surface area contributed by atoms with Gasteiger partial charge in [-0.15, -0.1) is 22.7 Å². The molecule has 3 heterocycles. The summed E-state index contributed by atoms with van der Waals surface area (Å²) in [5.74, 6) is 0. The van der Waals surface area contributed by atoms with Crippen LogP contribution in [0.3, 0.4) is 0 Å². The van der Waals surface area contributed by atoms with Crippen molar-refractivity contribution in [2.24, 2.45) is 0 Å². The van der Waals surface area contributed by atoms with Crippen LogP contribution in [0, 0.1) is 0 Å². The Bertz CT molecular complexity index is 3020. The summed E-state index contributed by atoms with van der Waals surface area (Å²) in [5.41, 5.74) is 6.80. The van der Waals surface area contributed by atoms with Gasteiger partial charge in [0.15, 0.2) is 0 Å². The minimum absolute atomic E-state index is 0.920. The van der Waals surface area contributed by atoms with E-state index in [-0.39, 0.29) is 0 Å². The first-order chi connectivity index (χ1) is 23.3. The van der Waals surface area contributed by atoms with E-state index >= 15 is 0 Å². The van der Waals surface area contributed by atoms with E-state index in [2.05, 4.69) is 133 Å². The van der Waals surface area contributed by atoms with Crippen molar-refractivity contribution < 1.29 is 4.42 Å². The van der Waals surface area contributed by atoms with Crippen molar-refractivity contribution in [1.29, 1.82) is 0 Å². The fraction of sp³-hybridized carbons (Fsp3) is 0. The van der Waals surface area contributed by atoms with Gasteiger partial charge < -0.3 is 4.42 Å². The van der Waals surface area contributed by atoms with E-state index in [9.17, 15) is 0 Å². The molecule has 0 amide bonds. The van der Waals surface area contributed by atoms with Crippen LogP contribution >= 0.6 is 22.7 Å². The van der Waals surface area contributed by atoms with Gasteiger partial charge in [0, 0.05) is 51.1 Å². The molecule has 8 aromatic carbocycles. The Kier molecular flexibility index (Phi) is 5.20. The number of rotatable bonds is 2. The molecule has 0 spiro atoms. The summed E-state index contributed by atoms with van der Waals surface area (Å²) in [6.07, 6.45) is 0. The lowest BCUT2D eigenvalue weighted by Gasteiger charge is -2.18. The smallest absolute Gasteiger partial charge is 0.136 e. The van der Waals surface area contributed by atoms with Crippen molar-refractivity contribution >= 4 is 107 Å². The highest BCUT2D eigenvalue weighted by atomic mass is 32.1. The Hall–Kier alpha value is -5.48. The second-order valence-electron chi connectivity index (χ2n) is 12.4. The van der Waals surface area contributed by atoms with Crippen LogP contribution in [-0.2, 0) is 0 Å². The maximum atomic E-state index is 6.35. The minimum atomic E-state index is 0.920. The van der Waals surface area contributed by atoms with Crippen molar-refractivity contribution in [3.63, 3.8) is 0 Å². The molecule has 0 saturated carbocycles. The van der Waals surface area contributed by atoms with Crippen LogP contribution in [0.25, 0.3) is 106 Å². The molecule has 218 valence electrons. The SMILES string of the molecule is c1ccc2c(c1)oc1cc(-c3c4ccccc4c(-c4ccc5sc6cc7c(cc6c5c4)sc4ccccc47)c4ccccc34)ccc12. The second-order valence-corrected chi connectivity index (χ2v) is 14.6. The lowest BCUT2D eigenvalue weighted by Crippen LogP contribution is -1.90. The second kappa shape index (κ2) is 9.52. The third-order valence-electron chi connectivity index (χ3n) is 9.86. The zero-order valence-electron chi connectivity index (χ0n) is 25.1. The van der Waals surface area contributed by atoms with E-state index in [1.54, 1.807) is 0 Å². The molecule has 3 aromatic heterocycles. The molecular formula is C44H24OS2. The molecule has 3 heteroatoms. The number of fused-ring (bicyclic) bond motifs is 11. The van der Waals surface area contributed by atoms with Crippen LogP contribution in [-0.4, -0.2) is 0 Å². The summed E-state index contributed by atoms with van der Waals surface area (Å²) in [5, 5.41) is 12.7. The minimum Gasteiger partial charge on any atom is -0.456 e. The molecule has 0 bridgehead atoms. The van der Waals surface area contributed by atoms with Gasteiger partial charge in [-0.05, 0) is 92.3 Å². The molecule has 0 fully saturated rings. The molecule has 0 saturated heterocycles. The van der Waals surface area contributed by atoms with Crippen LogP contribution in [0.4, 0.5) is 0 Å². The van der Waals surface area contributed by atoms with E-state index in [1.807, 2.05) is 34.8 Å². The lowest BCUT2D eigenvalue weighted by molar-refractivity contribution is 0.669. The Morgan fingerprint density at radius 3 is 1.45 bits per heavy atom. The van der Waals surface area contributed by atoms with Crippen molar-refractivity contribution in [2.45, 2.75) is 0 Å². The summed E-state index contributed by atoms with van der Waals surface area (Å²) in [6, 6.07) is 53.5. The molecule has 0 unspecified atom stereocenters. The molecular weight excluding hydrogens is 609 g/mol. The summed E-state index contributed by atoms with van der Waals surface area (Å²) < 4.78 is 11.7. The average molecular weight is 633 g/mol. The number of benzene rings is 8. The summed E-state index contributed by atoms with van der Waals surface area (Å²) in [7, 11) is 0. The van der Waals surface area contributed by atoms with Crippen molar-refractivity contribution in [2.75, 3.05) is 0 Å². The molecule has 11 aromatic rings. The number of thiophene rings is 2. The van der Waals surface area contributed by atoms with Gasteiger partial charge in [0.1, 0.15) is 11.2 Å². The van der Waals surface area contributed by atoms with Gasteiger partial charge in [-0.3, -0.25) is 0 Å². The van der Waals surface area contributed by atoms with E-state index in [0.717, 1.165) is 21.9 Å². The molecule has 0 atom stereocenters. The number of para-hydroxylation sites is 1. The highest BCUT2D eigenvalue weighted by Crippen LogP contribution is 2.47. The molecule has 11 rings (SSSR count). The van der Waals surface area contributed by atoms with Gasteiger partial charge in [0.25, 0.3) is 0 Å². The third-order valence-corrected chi connectivity index (χ3v) is 12.1. The predicted octanol–water partition coefficient (Wildman–Crippen LogP) is 14.0. The molecule has 0 aliphatic carbocycles. The summed E-state index contributed by atoms with van der Waals surface area (Å²) >= 11 is 3.79. The van der Waals surface area contributed by atoms with Crippen molar-refractivity contribution in [3.8, 4) is 22.3 Å².